The molecule has 0 aliphatic heterocycles. The van der Waals surface area contributed by atoms with Crippen molar-refractivity contribution in [3.05, 3.63) is 69.7 Å². The van der Waals surface area contributed by atoms with Gasteiger partial charge in [0.05, 0.1) is 18.0 Å². The molecule has 2 aromatic heterocycles. The Hall–Kier alpha value is -1.98. The second-order valence-corrected chi connectivity index (χ2v) is 5.46. The highest BCUT2D eigenvalue weighted by atomic mass is 32.1. The molecule has 0 radical (unpaired) electrons. The Morgan fingerprint density at radius 1 is 1.25 bits per heavy atom. The van der Waals surface area contributed by atoms with Gasteiger partial charge in [-0.05, 0) is 23.6 Å². The zero-order valence-electron chi connectivity index (χ0n) is 10.5. The number of halogens is 1. The number of aromatic nitrogens is 1. The first kappa shape index (κ1) is 13.0. The van der Waals surface area contributed by atoms with Crippen LogP contribution in [0.5, 0.6) is 0 Å². The van der Waals surface area contributed by atoms with Crippen molar-refractivity contribution >= 4 is 21.4 Å². The van der Waals surface area contributed by atoms with E-state index in [0.29, 0.717) is 5.39 Å². The van der Waals surface area contributed by atoms with Gasteiger partial charge >= 0.3 is 0 Å². The van der Waals surface area contributed by atoms with Crippen LogP contribution in [-0.2, 0) is 6.54 Å². The summed E-state index contributed by atoms with van der Waals surface area (Å²) in [7, 11) is 0. The number of pyridine rings is 1. The standard InChI is InChI=1S/C15H12FNO2S/c16-12-4-2-1-3-10(12)13(18)9-17-7-5-14-11(15(17)19)6-8-20-14/h1-8,13,18H,9H2/t13-/m0/s1. The molecule has 0 fully saturated rings. The van der Waals surface area contributed by atoms with Gasteiger partial charge in [0.1, 0.15) is 5.82 Å². The van der Waals surface area contributed by atoms with Gasteiger partial charge in [-0.3, -0.25) is 4.79 Å². The number of rotatable bonds is 3. The smallest absolute Gasteiger partial charge is 0.259 e. The lowest BCUT2D eigenvalue weighted by Gasteiger charge is -2.13. The second-order valence-electron chi connectivity index (χ2n) is 4.51. The number of hydrogen-bond donors (Lipinski definition) is 1. The molecule has 20 heavy (non-hydrogen) atoms. The molecule has 2 heterocycles. The Labute approximate surface area is 118 Å². The predicted octanol–water partition coefficient (Wildman–Crippen LogP) is 2.94. The molecule has 1 atom stereocenters. The lowest BCUT2D eigenvalue weighted by atomic mass is 10.1. The number of nitrogens with zero attached hydrogens (tertiary/aromatic N) is 1. The number of hydrogen-bond acceptors (Lipinski definition) is 3. The van der Waals surface area contributed by atoms with E-state index in [2.05, 4.69) is 0 Å². The van der Waals surface area contributed by atoms with Crippen molar-refractivity contribution in [3.63, 3.8) is 0 Å². The molecule has 0 saturated heterocycles. The van der Waals surface area contributed by atoms with Crippen LogP contribution in [0.15, 0.2) is 52.8 Å². The molecule has 0 aliphatic carbocycles. The molecule has 0 bridgehead atoms. The van der Waals surface area contributed by atoms with E-state index in [-0.39, 0.29) is 17.7 Å². The van der Waals surface area contributed by atoms with E-state index in [9.17, 15) is 14.3 Å². The third kappa shape index (κ3) is 2.26. The van der Waals surface area contributed by atoms with E-state index in [1.54, 1.807) is 24.4 Å². The van der Waals surface area contributed by atoms with Gasteiger partial charge in [-0.1, -0.05) is 18.2 Å². The van der Waals surface area contributed by atoms with E-state index in [0.717, 1.165) is 4.70 Å². The van der Waals surface area contributed by atoms with Crippen LogP contribution in [0, 0.1) is 5.82 Å². The average Bonchev–Trinajstić information content (AvgIpc) is 2.91. The molecule has 0 amide bonds. The van der Waals surface area contributed by atoms with Crippen molar-refractivity contribution in [1.82, 2.24) is 4.57 Å². The summed E-state index contributed by atoms with van der Waals surface area (Å²) in [5.41, 5.74) is 0.0314. The van der Waals surface area contributed by atoms with Gasteiger partial charge in [0.25, 0.3) is 5.56 Å². The van der Waals surface area contributed by atoms with Crippen LogP contribution in [0.3, 0.4) is 0 Å². The highest BCUT2D eigenvalue weighted by molar-refractivity contribution is 7.17. The number of fused-ring (bicyclic) bond motifs is 1. The molecule has 1 N–H and O–H groups in total. The molecule has 0 unspecified atom stereocenters. The van der Waals surface area contributed by atoms with Crippen molar-refractivity contribution in [3.8, 4) is 0 Å². The summed E-state index contributed by atoms with van der Waals surface area (Å²) in [5, 5.41) is 12.6. The number of aliphatic hydroxyl groups is 1. The van der Waals surface area contributed by atoms with Crippen LogP contribution >= 0.6 is 11.3 Å². The van der Waals surface area contributed by atoms with Gasteiger partial charge in [0, 0.05) is 16.5 Å². The van der Waals surface area contributed by atoms with Crippen LogP contribution in [0.2, 0.25) is 0 Å². The maximum absolute atomic E-state index is 13.6. The zero-order chi connectivity index (χ0) is 14.1. The minimum atomic E-state index is -1.05. The second kappa shape index (κ2) is 5.19. The first-order chi connectivity index (χ1) is 9.66. The maximum atomic E-state index is 13.6. The van der Waals surface area contributed by atoms with Crippen LogP contribution in [0.25, 0.3) is 10.1 Å². The first-order valence-corrected chi connectivity index (χ1v) is 7.04. The van der Waals surface area contributed by atoms with Crippen LogP contribution in [-0.4, -0.2) is 9.67 Å². The number of thiophene rings is 1. The minimum Gasteiger partial charge on any atom is -0.386 e. The molecule has 5 heteroatoms. The normalized spacial score (nSPS) is 12.7. The van der Waals surface area contributed by atoms with Crippen molar-refractivity contribution in [2.24, 2.45) is 0 Å². The SMILES string of the molecule is O=c1c2ccsc2ccn1C[C@H](O)c1ccccc1F. The molecular formula is C15H12FNO2S. The largest absolute Gasteiger partial charge is 0.386 e. The molecule has 0 saturated carbocycles. The summed E-state index contributed by atoms with van der Waals surface area (Å²) in [5.74, 6) is -0.468. The van der Waals surface area contributed by atoms with Crippen molar-refractivity contribution in [1.29, 1.82) is 0 Å². The molecule has 3 nitrogen and oxygen atoms in total. The molecule has 3 aromatic rings. The van der Waals surface area contributed by atoms with Crippen molar-refractivity contribution in [2.45, 2.75) is 12.6 Å². The summed E-state index contributed by atoms with van der Waals surface area (Å²) < 4.78 is 15.9. The van der Waals surface area contributed by atoms with Gasteiger partial charge < -0.3 is 9.67 Å². The zero-order valence-corrected chi connectivity index (χ0v) is 11.3. The molecule has 0 spiro atoms. The Morgan fingerprint density at radius 2 is 2.05 bits per heavy atom. The third-order valence-corrected chi connectivity index (χ3v) is 4.11. The average molecular weight is 289 g/mol. The summed E-state index contributed by atoms with van der Waals surface area (Å²) in [6.07, 6.45) is 0.579. The number of benzene rings is 1. The molecule has 0 aliphatic rings. The van der Waals surface area contributed by atoms with Crippen LogP contribution < -0.4 is 5.56 Å². The predicted molar refractivity (Wildman–Crippen MR) is 77.4 cm³/mol. The first-order valence-electron chi connectivity index (χ1n) is 6.16. The van der Waals surface area contributed by atoms with Gasteiger partial charge in [-0.15, -0.1) is 11.3 Å². The quantitative estimate of drug-likeness (QED) is 0.805. The maximum Gasteiger partial charge on any atom is 0.259 e. The molecule has 102 valence electrons. The molecule has 3 rings (SSSR count). The van der Waals surface area contributed by atoms with Crippen LogP contribution in [0.1, 0.15) is 11.7 Å². The Morgan fingerprint density at radius 3 is 2.85 bits per heavy atom. The van der Waals surface area contributed by atoms with Gasteiger partial charge in [-0.25, -0.2) is 4.39 Å². The monoisotopic (exact) mass is 289 g/mol. The fraction of sp³-hybridized carbons (Fsp3) is 0.133. The van der Waals surface area contributed by atoms with E-state index in [4.69, 9.17) is 0 Å². The summed E-state index contributed by atoms with van der Waals surface area (Å²) >= 11 is 1.49. The Balaban J connectivity index is 1.95. The summed E-state index contributed by atoms with van der Waals surface area (Å²) in [6, 6.07) is 9.63. The van der Waals surface area contributed by atoms with Crippen molar-refractivity contribution < 1.29 is 9.50 Å². The highest BCUT2D eigenvalue weighted by Gasteiger charge is 2.14. The summed E-state index contributed by atoms with van der Waals surface area (Å²) in [6.45, 7) is 0.0333. The Kier molecular flexibility index (Phi) is 3.38. The third-order valence-electron chi connectivity index (χ3n) is 3.23. The fourth-order valence-corrected chi connectivity index (χ4v) is 2.95. The fourth-order valence-electron chi connectivity index (χ4n) is 2.18. The lowest BCUT2D eigenvalue weighted by Crippen LogP contribution is -2.22. The summed E-state index contributed by atoms with van der Waals surface area (Å²) in [4.78, 5) is 12.2. The highest BCUT2D eigenvalue weighted by Crippen LogP contribution is 2.20. The Bertz CT molecular complexity index is 809. The lowest BCUT2D eigenvalue weighted by molar-refractivity contribution is 0.151. The van der Waals surface area contributed by atoms with Gasteiger partial charge in [-0.2, -0.15) is 0 Å². The minimum absolute atomic E-state index is 0.0333. The number of aliphatic hydroxyl groups excluding tert-OH is 1. The van der Waals surface area contributed by atoms with Gasteiger partial charge in [0.15, 0.2) is 0 Å². The van der Waals surface area contributed by atoms with E-state index < -0.39 is 11.9 Å². The van der Waals surface area contributed by atoms with Gasteiger partial charge in [0.2, 0.25) is 0 Å². The molecular weight excluding hydrogens is 277 g/mol. The van der Waals surface area contributed by atoms with Crippen molar-refractivity contribution in [2.75, 3.05) is 0 Å². The topological polar surface area (TPSA) is 42.2 Å². The van der Waals surface area contributed by atoms with E-state index in [1.165, 1.54) is 28.0 Å². The van der Waals surface area contributed by atoms with E-state index in [1.807, 2.05) is 11.4 Å². The van der Waals surface area contributed by atoms with Crippen LogP contribution in [0.4, 0.5) is 4.39 Å². The molecule has 1 aromatic carbocycles. The van der Waals surface area contributed by atoms with E-state index >= 15 is 0 Å².